The van der Waals surface area contributed by atoms with Crippen molar-refractivity contribution >= 4 is 63.6 Å². The van der Waals surface area contributed by atoms with E-state index in [1.807, 2.05) is 0 Å². The van der Waals surface area contributed by atoms with Crippen LogP contribution in [0.1, 0.15) is 56.0 Å². The van der Waals surface area contributed by atoms with E-state index in [1.54, 1.807) is 47.4 Å². The lowest BCUT2D eigenvalue weighted by Gasteiger charge is -2.34. The van der Waals surface area contributed by atoms with Crippen LogP contribution in [0.3, 0.4) is 0 Å². The average molecular weight is 929 g/mol. The highest BCUT2D eigenvalue weighted by molar-refractivity contribution is 6.24. The summed E-state index contributed by atoms with van der Waals surface area (Å²) in [6.45, 7) is 5.68. The molecule has 5 N–H and O–H groups in total. The molecule has 67 heavy (non-hydrogen) atoms. The maximum atomic E-state index is 13.6. The highest BCUT2D eigenvalue weighted by atomic mass is 19.1. The second-order valence-electron chi connectivity index (χ2n) is 16.6. The van der Waals surface area contributed by atoms with Crippen LogP contribution in [-0.4, -0.2) is 163 Å². The van der Waals surface area contributed by atoms with Gasteiger partial charge in [-0.25, -0.2) is 8.78 Å². The number of imide groups is 2. The molecular formula is C46H50F2N8O11. The fourth-order valence-corrected chi connectivity index (χ4v) is 8.54. The number of nitrogens with zero attached hydrogens (tertiary/aromatic N) is 4. The third kappa shape index (κ3) is 10.5. The van der Waals surface area contributed by atoms with Gasteiger partial charge >= 0.3 is 0 Å². The Bertz CT molecular complexity index is 2560. The number of carbonyl (C=O) groups is 7. The number of hydrogen-bond donors (Lipinski definition) is 5. The average Bonchev–Trinajstić information content (AvgIpc) is 3.95. The number of H-pyrrole nitrogens is 1. The van der Waals surface area contributed by atoms with Crippen molar-refractivity contribution < 1.29 is 61.7 Å². The third-order valence-corrected chi connectivity index (χ3v) is 12.2. The van der Waals surface area contributed by atoms with Crippen LogP contribution in [0.5, 0.6) is 0 Å². The largest absolute Gasteiger partial charge is 0.383 e. The van der Waals surface area contributed by atoms with Gasteiger partial charge < -0.3 is 44.7 Å². The van der Waals surface area contributed by atoms with Gasteiger partial charge in [0.05, 0.1) is 50.8 Å². The van der Waals surface area contributed by atoms with Gasteiger partial charge in [-0.05, 0) is 66.6 Å². The zero-order chi connectivity index (χ0) is 47.2. The lowest BCUT2D eigenvalue weighted by atomic mass is 10.0. The molecular weight excluding hydrogens is 879 g/mol. The van der Waals surface area contributed by atoms with Gasteiger partial charge in [0.15, 0.2) is 0 Å². The molecule has 0 bridgehead atoms. The highest BCUT2D eigenvalue weighted by Crippen LogP contribution is 2.32. The number of amides is 7. The van der Waals surface area contributed by atoms with Crippen LogP contribution in [0.25, 0.3) is 10.9 Å². The summed E-state index contributed by atoms with van der Waals surface area (Å²) in [7, 11) is 0. The molecule has 3 saturated heterocycles. The molecule has 0 aliphatic carbocycles. The minimum atomic E-state index is -2.36. The molecule has 4 aromatic rings. The molecule has 21 heteroatoms. The number of nitrogens with one attached hydrogen (secondary N) is 4. The Hall–Kier alpha value is -6.65. The van der Waals surface area contributed by atoms with E-state index in [2.05, 4.69) is 25.8 Å². The van der Waals surface area contributed by atoms with E-state index >= 15 is 0 Å². The number of hydrogen-bond acceptors (Lipinski definition) is 13. The second-order valence-corrected chi connectivity index (χ2v) is 16.6. The number of piperidine rings is 1. The Labute approximate surface area is 382 Å². The van der Waals surface area contributed by atoms with Crippen LogP contribution < -0.4 is 20.9 Å². The highest BCUT2D eigenvalue weighted by Gasteiger charge is 2.52. The molecule has 2 atom stereocenters. The van der Waals surface area contributed by atoms with Gasteiger partial charge in [0.25, 0.3) is 29.5 Å². The first kappa shape index (κ1) is 46.9. The zero-order valence-corrected chi connectivity index (χ0v) is 36.4. The minimum absolute atomic E-state index is 0.0514. The van der Waals surface area contributed by atoms with E-state index in [0.717, 1.165) is 17.0 Å². The molecule has 1 unspecified atom stereocenters. The Morgan fingerprint density at radius 2 is 1.49 bits per heavy atom. The summed E-state index contributed by atoms with van der Waals surface area (Å²) in [5, 5.41) is 19.5. The van der Waals surface area contributed by atoms with Crippen LogP contribution in [0.4, 0.5) is 20.2 Å². The molecule has 0 radical (unpaired) electrons. The van der Waals surface area contributed by atoms with Crippen LogP contribution in [0, 0.1) is 11.6 Å². The summed E-state index contributed by atoms with van der Waals surface area (Å²) in [4.78, 5) is 98.8. The number of piperazine rings is 1. The molecule has 0 spiro atoms. The van der Waals surface area contributed by atoms with Crippen molar-refractivity contribution in [2.45, 2.75) is 37.5 Å². The molecule has 354 valence electrons. The van der Waals surface area contributed by atoms with Crippen molar-refractivity contribution in [2.75, 3.05) is 95.7 Å². The molecule has 3 fully saturated rings. The number of aliphatic hydroxyl groups is 1. The first-order chi connectivity index (χ1) is 32.3. The number of benzene rings is 3. The maximum Gasteiger partial charge on any atom is 0.270 e. The third-order valence-electron chi connectivity index (χ3n) is 12.2. The molecule has 1 aromatic heterocycles. The predicted octanol–water partition coefficient (Wildman–Crippen LogP) is 1.55. The SMILES string of the molecule is O=C1CCC(N2C(=O)c3ccc(NCCOCCOCCOCCN4CCN(C(=O)c5cc6cc(N7CC[C@](O)(C(=O)NCc8cc(F)cc(F)c8)C7=O)ccc6[nH]5)CC4)cc3C2=O)C(=O)N1. The van der Waals surface area contributed by atoms with Crippen molar-refractivity contribution in [3.63, 3.8) is 0 Å². The smallest absolute Gasteiger partial charge is 0.270 e. The molecule has 4 aliphatic rings. The van der Waals surface area contributed by atoms with Gasteiger partial charge in [-0.1, -0.05) is 0 Å². The van der Waals surface area contributed by atoms with E-state index in [-0.39, 0.29) is 54.9 Å². The fraction of sp³-hybridized carbons (Fsp3) is 0.413. The van der Waals surface area contributed by atoms with E-state index in [1.165, 1.54) is 4.90 Å². The molecule has 8 rings (SSSR count). The molecule has 0 saturated carbocycles. The van der Waals surface area contributed by atoms with E-state index in [9.17, 15) is 47.4 Å². The van der Waals surface area contributed by atoms with E-state index < -0.39 is 58.7 Å². The molecule has 19 nitrogen and oxygen atoms in total. The summed E-state index contributed by atoms with van der Waals surface area (Å²) in [6.07, 6.45) is -0.0424. The van der Waals surface area contributed by atoms with Crippen molar-refractivity contribution in [2.24, 2.45) is 0 Å². The van der Waals surface area contributed by atoms with Crippen LogP contribution in [-0.2, 0) is 39.9 Å². The lowest BCUT2D eigenvalue weighted by molar-refractivity contribution is -0.149. The first-order valence-corrected chi connectivity index (χ1v) is 22.0. The number of carbonyl (C=O) groups excluding carboxylic acids is 7. The summed E-state index contributed by atoms with van der Waals surface area (Å²) in [6, 6.07) is 13.4. The summed E-state index contributed by atoms with van der Waals surface area (Å²) in [5.74, 6) is -5.80. The lowest BCUT2D eigenvalue weighted by Crippen LogP contribution is -2.54. The minimum Gasteiger partial charge on any atom is -0.383 e. The molecule has 5 heterocycles. The summed E-state index contributed by atoms with van der Waals surface area (Å²) < 4.78 is 44.1. The number of aromatic nitrogens is 1. The number of fused-ring (bicyclic) bond motifs is 2. The summed E-state index contributed by atoms with van der Waals surface area (Å²) >= 11 is 0. The first-order valence-electron chi connectivity index (χ1n) is 22.0. The van der Waals surface area contributed by atoms with Gasteiger partial charge in [0, 0.05) is 93.5 Å². The Kier molecular flexibility index (Phi) is 14.3. The van der Waals surface area contributed by atoms with E-state index in [0.29, 0.717) is 113 Å². The predicted molar refractivity (Wildman–Crippen MR) is 235 cm³/mol. The fourth-order valence-electron chi connectivity index (χ4n) is 8.54. The van der Waals surface area contributed by atoms with Crippen molar-refractivity contribution in [3.05, 3.63) is 94.7 Å². The Balaban J connectivity index is 0.676. The molecule has 4 aliphatic heterocycles. The number of anilines is 2. The van der Waals surface area contributed by atoms with Crippen molar-refractivity contribution in [3.8, 4) is 0 Å². The van der Waals surface area contributed by atoms with Crippen molar-refractivity contribution in [1.29, 1.82) is 0 Å². The van der Waals surface area contributed by atoms with Gasteiger partial charge in [0.1, 0.15) is 23.4 Å². The monoisotopic (exact) mass is 928 g/mol. The van der Waals surface area contributed by atoms with Gasteiger partial charge in [0.2, 0.25) is 17.4 Å². The zero-order valence-electron chi connectivity index (χ0n) is 36.4. The maximum absolute atomic E-state index is 13.6. The number of aromatic amines is 1. The molecule has 3 aromatic carbocycles. The molecule has 7 amide bonds. The van der Waals surface area contributed by atoms with Gasteiger partial charge in [-0.2, -0.15) is 0 Å². The summed E-state index contributed by atoms with van der Waals surface area (Å²) in [5.41, 5.74) is 0.298. The normalized spacial score (nSPS) is 20.0. The quantitative estimate of drug-likeness (QED) is 0.0511. The topological polar surface area (TPSA) is 232 Å². The second kappa shape index (κ2) is 20.5. The standard InChI is InChI=1S/C46H50F2N8O11/c47-30-21-28(22-31(48)25-30)27-50-44(62)46(64)7-9-55(45(46)63)33-2-4-36-29(23-33)24-37(51-36)43(61)54-12-10-53(11-13-54)14-16-66-18-20-67-19-17-65-15-8-49-32-1-3-34-35(26-32)42(60)56(41(34)59)38-5-6-39(57)52-40(38)58/h1-4,21-26,38,49,51,64H,5-20,27H2,(H,50,62)(H,52,57,58)/t38?,46-/m0/s1. The Morgan fingerprint density at radius 3 is 2.22 bits per heavy atom. The van der Waals surface area contributed by atoms with Gasteiger partial charge in [-0.15, -0.1) is 0 Å². The van der Waals surface area contributed by atoms with Crippen molar-refractivity contribution in [1.82, 2.24) is 30.3 Å². The Morgan fingerprint density at radius 1 is 0.791 bits per heavy atom. The van der Waals surface area contributed by atoms with Crippen LogP contribution in [0.15, 0.2) is 60.7 Å². The van der Waals surface area contributed by atoms with Crippen LogP contribution in [0.2, 0.25) is 0 Å². The number of halogens is 2. The number of ether oxygens (including phenoxy) is 3. The van der Waals surface area contributed by atoms with Gasteiger partial charge in [-0.3, -0.25) is 48.7 Å². The van der Waals surface area contributed by atoms with Crippen LogP contribution >= 0.6 is 0 Å². The number of rotatable bonds is 19. The van der Waals surface area contributed by atoms with E-state index in [4.69, 9.17) is 14.2 Å².